The van der Waals surface area contributed by atoms with Gasteiger partial charge in [0.05, 0.1) is 12.7 Å². The molecule has 1 rings (SSSR count). The summed E-state index contributed by atoms with van der Waals surface area (Å²) >= 11 is 0. The van der Waals surface area contributed by atoms with Gasteiger partial charge in [0, 0.05) is 6.54 Å². The molecule has 0 atom stereocenters. The van der Waals surface area contributed by atoms with Crippen LogP contribution in [-0.2, 0) is 9.53 Å². The van der Waals surface area contributed by atoms with Crippen molar-refractivity contribution in [1.29, 1.82) is 0 Å². The molecule has 3 nitrogen and oxygen atoms in total. The van der Waals surface area contributed by atoms with E-state index in [-0.39, 0.29) is 5.97 Å². The number of benzene rings is 1. The van der Waals surface area contributed by atoms with E-state index in [2.05, 4.69) is 12.2 Å². The van der Waals surface area contributed by atoms with Crippen molar-refractivity contribution in [3.8, 4) is 0 Å². The Kier molecular flexibility index (Phi) is 17.1. The van der Waals surface area contributed by atoms with Crippen molar-refractivity contribution in [3.05, 3.63) is 41.5 Å². The fourth-order valence-electron chi connectivity index (χ4n) is 3.73. The summed E-state index contributed by atoms with van der Waals surface area (Å²) < 4.78 is 4.92. The van der Waals surface area contributed by atoms with Crippen molar-refractivity contribution in [3.63, 3.8) is 0 Å². The van der Waals surface area contributed by atoms with E-state index >= 15 is 0 Å². The summed E-state index contributed by atoms with van der Waals surface area (Å²) in [5, 5.41) is 3.40. The molecule has 0 spiro atoms. The molecule has 1 N–H and O–H groups in total. The average molecular weight is 416 g/mol. The number of hydrogen-bond acceptors (Lipinski definition) is 3. The normalized spacial score (nSPS) is 11.6. The Bertz CT molecular complexity index is 553. The molecule has 0 aromatic heterocycles. The monoisotopic (exact) mass is 415 g/mol. The molecule has 30 heavy (non-hydrogen) atoms. The summed E-state index contributed by atoms with van der Waals surface area (Å²) in [5.41, 5.74) is 1.70. The number of esters is 1. The van der Waals surface area contributed by atoms with Crippen LogP contribution < -0.4 is 5.32 Å². The van der Waals surface area contributed by atoms with Gasteiger partial charge >= 0.3 is 5.97 Å². The molecule has 3 heteroatoms. The summed E-state index contributed by atoms with van der Waals surface area (Å²) in [6, 6.07) is 9.92. The number of nitrogens with one attached hydrogen (secondary N) is 1. The van der Waals surface area contributed by atoms with Gasteiger partial charge in [-0.1, -0.05) is 121 Å². The maximum atomic E-state index is 12.0. The number of methoxy groups -OCH3 is 1. The predicted molar refractivity (Wildman–Crippen MR) is 130 cm³/mol. The lowest BCUT2D eigenvalue weighted by molar-refractivity contribution is -0.136. The second-order valence-electron chi connectivity index (χ2n) is 8.34. The summed E-state index contributed by atoms with van der Waals surface area (Å²) in [6.07, 6.45) is 21.1. The number of rotatable bonds is 19. The molecule has 1 aromatic carbocycles. The van der Waals surface area contributed by atoms with Gasteiger partial charge in [0.15, 0.2) is 0 Å². The molecule has 0 amide bonds. The molecule has 0 aliphatic carbocycles. The predicted octanol–water partition coefficient (Wildman–Crippen LogP) is 7.31. The van der Waals surface area contributed by atoms with Gasteiger partial charge in [-0.05, 0) is 24.6 Å². The summed E-state index contributed by atoms with van der Waals surface area (Å²) in [5.74, 6) is -0.257. The topological polar surface area (TPSA) is 38.3 Å². The van der Waals surface area contributed by atoms with Crippen LogP contribution in [0.25, 0.3) is 6.08 Å². The highest BCUT2D eigenvalue weighted by atomic mass is 16.5. The molecule has 0 unspecified atom stereocenters. The molecule has 170 valence electrons. The van der Waals surface area contributed by atoms with Gasteiger partial charge in [-0.15, -0.1) is 0 Å². The zero-order chi connectivity index (χ0) is 21.7. The van der Waals surface area contributed by atoms with Crippen molar-refractivity contribution < 1.29 is 9.53 Å². The third-order valence-corrected chi connectivity index (χ3v) is 5.61. The fourth-order valence-corrected chi connectivity index (χ4v) is 3.73. The minimum absolute atomic E-state index is 0.257. The van der Waals surface area contributed by atoms with Crippen LogP contribution in [-0.4, -0.2) is 26.2 Å². The van der Waals surface area contributed by atoms with E-state index in [4.69, 9.17) is 4.74 Å². The number of carbonyl (C=O) groups excluding carboxylic acids is 1. The van der Waals surface area contributed by atoms with E-state index < -0.39 is 0 Å². The van der Waals surface area contributed by atoms with Gasteiger partial charge in [0.1, 0.15) is 0 Å². The molecular weight excluding hydrogens is 370 g/mol. The number of ether oxygens (including phenoxy) is 1. The Labute approximate surface area is 185 Å². The number of carbonyl (C=O) groups is 1. The lowest BCUT2D eigenvalue weighted by Crippen LogP contribution is -2.22. The Morgan fingerprint density at radius 1 is 0.800 bits per heavy atom. The first-order chi connectivity index (χ1) is 14.8. The summed E-state index contributed by atoms with van der Waals surface area (Å²) in [4.78, 5) is 12.0. The van der Waals surface area contributed by atoms with Gasteiger partial charge in [-0.3, -0.25) is 0 Å². The van der Waals surface area contributed by atoms with Gasteiger partial charge in [-0.2, -0.15) is 0 Å². The van der Waals surface area contributed by atoms with Crippen LogP contribution in [0.4, 0.5) is 0 Å². The van der Waals surface area contributed by atoms with E-state index in [0.29, 0.717) is 12.1 Å². The molecule has 0 bridgehead atoms. The van der Waals surface area contributed by atoms with Crippen molar-refractivity contribution in [1.82, 2.24) is 5.32 Å². The third-order valence-electron chi connectivity index (χ3n) is 5.61. The average Bonchev–Trinajstić information content (AvgIpc) is 2.78. The Hall–Kier alpha value is -1.61. The summed E-state index contributed by atoms with van der Waals surface area (Å²) in [6.45, 7) is 3.78. The summed E-state index contributed by atoms with van der Waals surface area (Å²) in [7, 11) is 1.44. The van der Waals surface area contributed by atoms with Crippen molar-refractivity contribution in [2.24, 2.45) is 0 Å². The molecular formula is C27H45NO2. The van der Waals surface area contributed by atoms with Crippen molar-refractivity contribution >= 4 is 12.0 Å². The number of hydrogen-bond donors (Lipinski definition) is 1. The quantitative estimate of drug-likeness (QED) is 0.146. The molecule has 0 aliphatic heterocycles. The van der Waals surface area contributed by atoms with Gasteiger partial charge in [0.25, 0.3) is 0 Å². The van der Waals surface area contributed by atoms with Crippen LogP contribution >= 0.6 is 0 Å². The van der Waals surface area contributed by atoms with E-state index in [1.807, 2.05) is 36.4 Å². The maximum Gasteiger partial charge on any atom is 0.335 e. The first-order valence-corrected chi connectivity index (χ1v) is 12.3. The van der Waals surface area contributed by atoms with E-state index in [9.17, 15) is 4.79 Å². The lowest BCUT2D eigenvalue weighted by Gasteiger charge is -2.08. The van der Waals surface area contributed by atoms with Crippen LogP contribution in [0.15, 0.2) is 35.9 Å². The largest absolute Gasteiger partial charge is 0.466 e. The highest BCUT2D eigenvalue weighted by Gasteiger charge is 2.09. The minimum Gasteiger partial charge on any atom is -0.466 e. The van der Waals surface area contributed by atoms with Crippen molar-refractivity contribution in [2.75, 3.05) is 20.2 Å². The van der Waals surface area contributed by atoms with Gasteiger partial charge in [0.2, 0.25) is 0 Å². The molecule has 0 aliphatic rings. The maximum absolute atomic E-state index is 12.0. The van der Waals surface area contributed by atoms with Crippen LogP contribution in [0.5, 0.6) is 0 Å². The SMILES string of the molecule is CCCCCCCCCCCCCCCCNC/C(=C\c1ccccc1)C(=O)OC. The van der Waals surface area contributed by atoms with Crippen LogP contribution in [0.1, 0.15) is 102 Å². The smallest absolute Gasteiger partial charge is 0.335 e. The minimum atomic E-state index is -0.257. The lowest BCUT2D eigenvalue weighted by atomic mass is 10.0. The molecule has 0 saturated carbocycles. The molecule has 0 fully saturated rings. The second-order valence-corrected chi connectivity index (χ2v) is 8.34. The first-order valence-electron chi connectivity index (χ1n) is 12.3. The van der Waals surface area contributed by atoms with Gasteiger partial charge in [-0.25, -0.2) is 4.79 Å². The van der Waals surface area contributed by atoms with E-state index in [1.54, 1.807) is 0 Å². The Balaban J connectivity index is 1.98. The zero-order valence-corrected chi connectivity index (χ0v) is 19.6. The Morgan fingerprint density at radius 3 is 1.80 bits per heavy atom. The van der Waals surface area contributed by atoms with Gasteiger partial charge < -0.3 is 10.1 Å². The van der Waals surface area contributed by atoms with E-state index in [0.717, 1.165) is 18.5 Å². The highest BCUT2D eigenvalue weighted by molar-refractivity contribution is 5.94. The van der Waals surface area contributed by atoms with Crippen LogP contribution in [0, 0.1) is 0 Å². The molecule has 0 heterocycles. The van der Waals surface area contributed by atoms with Crippen molar-refractivity contribution in [2.45, 2.75) is 96.8 Å². The molecule has 0 saturated heterocycles. The van der Waals surface area contributed by atoms with E-state index in [1.165, 1.54) is 90.6 Å². The molecule has 0 radical (unpaired) electrons. The first kappa shape index (κ1) is 26.4. The fraction of sp³-hybridized carbons (Fsp3) is 0.667. The van der Waals surface area contributed by atoms with Crippen LogP contribution in [0.3, 0.4) is 0 Å². The van der Waals surface area contributed by atoms with Crippen LogP contribution in [0.2, 0.25) is 0 Å². The standard InChI is InChI=1S/C27H45NO2/c1-3-4-5-6-7-8-9-10-11-12-13-14-15-19-22-28-24-26(27(29)30-2)23-25-20-17-16-18-21-25/h16-18,20-21,23,28H,3-15,19,22,24H2,1-2H3/b26-23+. The number of unbranched alkanes of at least 4 members (excludes halogenated alkanes) is 13. The zero-order valence-electron chi connectivity index (χ0n) is 19.6. The second kappa shape index (κ2) is 19.4. The Morgan fingerprint density at radius 2 is 1.30 bits per heavy atom. The molecule has 1 aromatic rings. The third kappa shape index (κ3) is 14.4. The highest BCUT2D eigenvalue weighted by Crippen LogP contribution is 2.13.